The molecule has 7 heteroatoms. The Kier molecular flexibility index (Phi) is 7.41. The molecule has 6 nitrogen and oxygen atoms in total. The van der Waals surface area contributed by atoms with Crippen LogP contribution < -0.4 is 5.32 Å². The number of carbonyl (C=O) groups is 1. The summed E-state index contributed by atoms with van der Waals surface area (Å²) in [6.07, 6.45) is 1.98. The van der Waals surface area contributed by atoms with Gasteiger partial charge in [-0.25, -0.2) is 8.42 Å². The van der Waals surface area contributed by atoms with Crippen molar-refractivity contribution in [1.82, 2.24) is 9.21 Å². The summed E-state index contributed by atoms with van der Waals surface area (Å²) in [5.41, 5.74) is 1.72. The largest absolute Gasteiger partial charge is 0.326 e. The zero-order valence-corrected chi connectivity index (χ0v) is 17.7. The first-order valence-corrected chi connectivity index (χ1v) is 11.6. The number of benzene rings is 2. The molecule has 3 rings (SSSR count). The SMILES string of the molecule is CCN1CCN(S(=O)(=O)c2cccc(NC(=O)CCCc3ccccc3)c2)CC1. The van der Waals surface area contributed by atoms with Crippen LogP contribution in [-0.2, 0) is 21.2 Å². The standard InChI is InChI=1S/C22H29N3O3S/c1-2-24-14-16-25(17-15-24)29(27,28)21-12-7-11-20(18-21)23-22(26)13-6-10-19-8-4-3-5-9-19/h3-5,7-9,11-12,18H,2,6,10,13-17H2,1H3,(H,23,26). The summed E-state index contributed by atoms with van der Waals surface area (Å²) in [6.45, 7) is 5.48. The lowest BCUT2D eigenvalue weighted by atomic mass is 10.1. The monoisotopic (exact) mass is 415 g/mol. The molecule has 0 spiro atoms. The van der Waals surface area contributed by atoms with Crippen LogP contribution in [0.2, 0.25) is 0 Å². The van der Waals surface area contributed by atoms with Gasteiger partial charge in [-0.2, -0.15) is 4.31 Å². The number of anilines is 1. The Morgan fingerprint density at radius 2 is 1.72 bits per heavy atom. The summed E-state index contributed by atoms with van der Waals surface area (Å²) < 4.78 is 27.4. The Labute approximate surface area is 173 Å². The topological polar surface area (TPSA) is 69.7 Å². The van der Waals surface area contributed by atoms with Crippen LogP contribution in [0.15, 0.2) is 59.5 Å². The Balaban J connectivity index is 1.56. The van der Waals surface area contributed by atoms with E-state index in [2.05, 4.69) is 17.1 Å². The van der Waals surface area contributed by atoms with Crippen molar-refractivity contribution in [2.75, 3.05) is 38.0 Å². The van der Waals surface area contributed by atoms with E-state index in [1.807, 2.05) is 30.3 Å². The normalized spacial score (nSPS) is 15.9. The van der Waals surface area contributed by atoms with Gasteiger partial charge in [0.05, 0.1) is 4.90 Å². The van der Waals surface area contributed by atoms with Gasteiger partial charge in [-0.05, 0) is 43.1 Å². The number of likely N-dealkylation sites (N-methyl/N-ethyl adjacent to an activating group) is 1. The van der Waals surface area contributed by atoms with Gasteiger partial charge >= 0.3 is 0 Å². The highest BCUT2D eigenvalue weighted by Gasteiger charge is 2.28. The average Bonchev–Trinajstić information content (AvgIpc) is 2.75. The van der Waals surface area contributed by atoms with E-state index in [1.165, 1.54) is 9.87 Å². The summed E-state index contributed by atoms with van der Waals surface area (Å²) in [6, 6.07) is 16.6. The molecule has 0 saturated carbocycles. The Bertz CT molecular complexity index is 908. The number of rotatable bonds is 8. The lowest BCUT2D eigenvalue weighted by molar-refractivity contribution is -0.116. The molecule has 2 aromatic carbocycles. The summed E-state index contributed by atoms with van der Waals surface area (Å²) >= 11 is 0. The quantitative estimate of drug-likeness (QED) is 0.720. The third kappa shape index (κ3) is 5.88. The van der Waals surface area contributed by atoms with E-state index in [4.69, 9.17) is 0 Å². The smallest absolute Gasteiger partial charge is 0.243 e. The van der Waals surface area contributed by atoms with Gasteiger partial charge in [-0.3, -0.25) is 4.79 Å². The first kappa shape index (κ1) is 21.5. The molecule has 2 aromatic rings. The molecule has 1 heterocycles. The number of hydrogen-bond acceptors (Lipinski definition) is 4. The summed E-state index contributed by atoms with van der Waals surface area (Å²) in [4.78, 5) is 14.7. The first-order valence-electron chi connectivity index (χ1n) is 10.2. The van der Waals surface area contributed by atoms with Crippen molar-refractivity contribution in [2.24, 2.45) is 0 Å². The Morgan fingerprint density at radius 1 is 1.00 bits per heavy atom. The highest BCUT2D eigenvalue weighted by molar-refractivity contribution is 7.89. The van der Waals surface area contributed by atoms with E-state index in [-0.39, 0.29) is 10.8 Å². The van der Waals surface area contributed by atoms with Gasteiger partial charge in [0.15, 0.2) is 0 Å². The molecular formula is C22H29N3O3S. The maximum absolute atomic E-state index is 12.9. The second-order valence-corrected chi connectivity index (χ2v) is 9.19. The second-order valence-electron chi connectivity index (χ2n) is 7.25. The van der Waals surface area contributed by atoms with Crippen LogP contribution in [0.25, 0.3) is 0 Å². The number of nitrogens with one attached hydrogen (secondary N) is 1. The van der Waals surface area contributed by atoms with E-state index in [0.717, 1.165) is 32.5 Å². The summed E-state index contributed by atoms with van der Waals surface area (Å²) in [5, 5.41) is 2.83. The van der Waals surface area contributed by atoms with Crippen LogP contribution in [0.4, 0.5) is 5.69 Å². The molecule has 0 aromatic heterocycles. The van der Waals surface area contributed by atoms with Crippen molar-refractivity contribution in [3.8, 4) is 0 Å². The lowest BCUT2D eigenvalue weighted by Crippen LogP contribution is -2.48. The molecule has 1 amide bonds. The minimum atomic E-state index is -3.55. The van der Waals surface area contributed by atoms with Gasteiger partial charge < -0.3 is 10.2 Å². The van der Waals surface area contributed by atoms with Crippen LogP contribution in [-0.4, -0.2) is 56.3 Å². The zero-order chi connectivity index (χ0) is 20.7. The van der Waals surface area contributed by atoms with Crippen LogP contribution in [0, 0.1) is 0 Å². The summed E-state index contributed by atoms with van der Waals surface area (Å²) in [7, 11) is -3.55. The van der Waals surface area contributed by atoms with Crippen molar-refractivity contribution >= 4 is 21.6 Å². The van der Waals surface area contributed by atoms with Gasteiger partial charge in [-0.1, -0.05) is 43.3 Å². The minimum Gasteiger partial charge on any atom is -0.326 e. The molecule has 1 aliphatic heterocycles. The minimum absolute atomic E-state index is 0.105. The molecule has 156 valence electrons. The molecule has 1 saturated heterocycles. The Morgan fingerprint density at radius 3 is 2.41 bits per heavy atom. The number of amides is 1. The third-order valence-corrected chi connectivity index (χ3v) is 7.14. The van der Waals surface area contributed by atoms with Crippen LogP contribution in [0.3, 0.4) is 0 Å². The molecule has 0 unspecified atom stereocenters. The van der Waals surface area contributed by atoms with Crippen molar-refractivity contribution < 1.29 is 13.2 Å². The van der Waals surface area contributed by atoms with Gasteiger partial charge in [-0.15, -0.1) is 0 Å². The molecule has 0 radical (unpaired) electrons. The maximum atomic E-state index is 12.9. The van der Waals surface area contributed by atoms with Gasteiger partial charge in [0.2, 0.25) is 15.9 Å². The maximum Gasteiger partial charge on any atom is 0.243 e. The number of hydrogen-bond donors (Lipinski definition) is 1. The number of sulfonamides is 1. The predicted octanol–water partition coefficient (Wildman–Crippen LogP) is 2.97. The molecule has 0 bridgehead atoms. The fourth-order valence-corrected chi connectivity index (χ4v) is 4.96. The predicted molar refractivity (Wildman–Crippen MR) is 115 cm³/mol. The van der Waals surface area contributed by atoms with Crippen molar-refractivity contribution in [3.05, 3.63) is 60.2 Å². The van der Waals surface area contributed by atoms with Gasteiger partial charge in [0.1, 0.15) is 0 Å². The molecule has 1 aliphatic rings. The third-order valence-electron chi connectivity index (χ3n) is 5.25. The molecule has 1 N–H and O–H groups in total. The van der Waals surface area contributed by atoms with E-state index < -0.39 is 10.0 Å². The lowest BCUT2D eigenvalue weighted by Gasteiger charge is -2.33. The number of aryl methyl sites for hydroxylation is 1. The van der Waals surface area contributed by atoms with E-state index in [0.29, 0.717) is 25.2 Å². The fourth-order valence-electron chi connectivity index (χ4n) is 3.49. The van der Waals surface area contributed by atoms with Crippen molar-refractivity contribution in [3.63, 3.8) is 0 Å². The second kappa shape index (κ2) is 10.0. The van der Waals surface area contributed by atoms with Crippen molar-refractivity contribution in [2.45, 2.75) is 31.1 Å². The van der Waals surface area contributed by atoms with Crippen LogP contribution in [0.5, 0.6) is 0 Å². The number of carbonyl (C=O) groups excluding carboxylic acids is 1. The van der Waals surface area contributed by atoms with E-state index in [1.54, 1.807) is 24.3 Å². The highest BCUT2D eigenvalue weighted by atomic mass is 32.2. The molecular weight excluding hydrogens is 386 g/mol. The van der Waals surface area contributed by atoms with Gasteiger partial charge in [0, 0.05) is 38.3 Å². The highest BCUT2D eigenvalue weighted by Crippen LogP contribution is 2.21. The number of piperazine rings is 1. The van der Waals surface area contributed by atoms with E-state index >= 15 is 0 Å². The zero-order valence-electron chi connectivity index (χ0n) is 16.9. The van der Waals surface area contributed by atoms with Crippen LogP contribution >= 0.6 is 0 Å². The van der Waals surface area contributed by atoms with Crippen LogP contribution in [0.1, 0.15) is 25.3 Å². The molecule has 1 fully saturated rings. The van der Waals surface area contributed by atoms with Gasteiger partial charge in [0.25, 0.3) is 0 Å². The molecule has 29 heavy (non-hydrogen) atoms. The summed E-state index contributed by atoms with van der Waals surface area (Å²) in [5.74, 6) is -0.105. The van der Waals surface area contributed by atoms with E-state index in [9.17, 15) is 13.2 Å². The van der Waals surface area contributed by atoms with Crippen molar-refractivity contribution in [1.29, 1.82) is 0 Å². The fraction of sp³-hybridized carbons (Fsp3) is 0.409. The first-order chi connectivity index (χ1) is 14.0. The number of nitrogens with zero attached hydrogens (tertiary/aromatic N) is 2. The Hall–Kier alpha value is -2.22. The molecule has 0 atom stereocenters. The molecule has 0 aliphatic carbocycles. The average molecular weight is 416 g/mol.